The monoisotopic (exact) mass is 441 g/mol. The highest BCUT2D eigenvalue weighted by molar-refractivity contribution is 6.06. The molecule has 3 aromatic rings. The van der Waals surface area contributed by atoms with Crippen molar-refractivity contribution in [1.29, 1.82) is 5.26 Å². The molecule has 0 fully saturated rings. The van der Waals surface area contributed by atoms with Gasteiger partial charge in [0.15, 0.2) is 0 Å². The van der Waals surface area contributed by atoms with Gasteiger partial charge >= 0.3 is 5.69 Å². The average molecular weight is 441 g/mol. The third-order valence-corrected chi connectivity index (χ3v) is 7.04. The first-order chi connectivity index (χ1) is 15.7. The van der Waals surface area contributed by atoms with Gasteiger partial charge in [0.1, 0.15) is 6.07 Å². The number of anilines is 1. The first-order valence-electron chi connectivity index (χ1n) is 10.9. The number of carbonyl (C=O) groups excluding carboxylic acids is 1. The zero-order valence-electron chi connectivity index (χ0n) is 18.7. The molecule has 2 aliphatic rings. The van der Waals surface area contributed by atoms with E-state index in [2.05, 4.69) is 21.5 Å². The molecular weight excluding hydrogens is 418 g/mol. The minimum atomic E-state index is -0.797. The summed E-state index contributed by atoms with van der Waals surface area (Å²) in [5.74, 6) is 0.0860. The quantitative estimate of drug-likeness (QED) is 0.647. The van der Waals surface area contributed by atoms with Gasteiger partial charge in [-0.25, -0.2) is 4.79 Å². The lowest BCUT2D eigenvalue weighted by molar-refractivity contribution is -0.120. The molecule has 1 aliphatic heterocycles. The molecule has 0 spiro atoms. The van der Waals surface area contributed by atoms with E-state index in [0.29, 0.717) is 12.1 Å². The number of nitrogens with zero attached hydrogens (tertiary/aromatic N) is 3. The Morgan fingerprint density at radius 3 is 2.61 bits per heavy atom. The van der Waals surface area contributed by atoms with E-state index >= 15 is 0 Å². The van der Waals surface area contributed by atoms with Crippen molar-refractivity contribution in [2.75, 3.05) is 5.32 Å². The van der Waals surface area contributed by atoms with E-state index in [1.165, 1.54) is 11.1 Å². The van der Waals surface area contributed by atoms with Gasteiger partial charge in [-0.05, 0) is 98.0 Å². The standard InChI is InChI=1S/C25H23N5O3/c1-13-9-16(30-24(33)28-22(31)20(12-26)29-30)10-14(2)18(13)11-15-6-7-19-21-17(15)5-4-8-25(21,3)23(32)27-19/h6-7,9-10H,4-5,8,11H2,1-3H3,(H,27,32)(H,28,31,33). The number of rotatable bonds is 3. The lowest BCUT2D eigenvalue weighted by atomic mass is 9.70. The molecule has 0 saturated heterocycles. The predicted octanol–water partition coefficient (Wildman–Crippen LogP) is 2.55. The van der Waals surface area contributed by atoms with Crippen molar-refractivity contribution in [3.63, 3.8) is 0 Å². The van der Waals surface area contributed by atoms with Gasteiger partial charge < -0.3 is 5.32 Å². The van der Waals surface area contributed by atoms with Crippen LogP contribution in [0.2, 0.25) is 0 Å². The third-order valence-electron chi connectivity index (χ3n) is 7.04. The Bertz CT molecular complexity index is 1480. The van der Waals surface area contributed by atoms with Crippen molar-refractivity contribution in [2.45, 2.75) is 51.9 Å². The van der Waals surface area contributed by atoms with Crippen molar-refractivity contribution in [3.05, 3.63) is 84.2 Å². The zero-order valence-corrected chi connectivity index (χ0v) is 18.7. The highest BCUT2D eigenvalue weighted by atomic mass is 16.2. The summed E-state index contributed by atoms with van der Waals surface area (Å²) in [7, 11) is 0. The number of aryl methyl sites for hydroxylation is 2. The van der Waals surface area contributed by atoms with Crippen LogP contribution in [0.5, 0.6) is 0 Å². The molecule has 0 radical (unpaired) electrons. The number of hydrogen-bond acceptors (Lipinski definition) is 5. The number of hydrogen-bond donors (Lipinski definition) is 2. The number of H-pyrrole nitrogens is 1. The fourth-order valence-electron chi connectivity index (χ4n) is 5.32. The Morgan fingerprint density at radius 1 is 1.18 bits per heavy atom. The second-order valence-corrected chi connectivity index (χ2v) is 9.13. The Hall–Kier alpha value is -3.99. The number of nitriles is 1. The van der Waals surface area contributed by atoms with E-state index < -0.39 is 16.7 Å². The number of nitrogens with one attached hydrogen (secondary N) is 2. The fourth-order valence-corrected chi connectivity index (χ4v) is 5.32. The van der Waals surface area contributed by atoms with Crippen LogP contribution in [0, 0.1) is 25.2 Å². The van der Waals surface area contributed by atoms with Crippen LogP contribution in [0.3, 0.4) is 0 Å². The maximum absolute atomic E-state index is 12.6. The van der Waals surface area contributed by atoms with Crippen molar-refractivity contribution >= 4 is 11.6 Å². The molecule has 166 valence electrons. The van der Waals surface area contributed by atoms with Crippen molar-refractivity contribution in [3.8, 4) is 11.8 Å². The first kappa shape index (κ1) is 20.9. The van der Waals surface area contributed by atoms with Crippen molar-refractivity contribution in [1.82, 2.24) is 14.8 Å². The predicted molar refractivity (Wildman–Crippen MR) is 123 cm³/mol. The molecule has 8 heteroatoms. The second-order valence-electron chi connectivity index (χ2n) is 9.13. The van der Waals surface area contributed by atoms with Gasteiger partial charge in [0.2, 0.25) is 11.6 Å². The summed E-state index contributed by atoms with van der Waals surface area (Å²) < 4.78 is 1.05. The molecule has 8 nitrogen and oxygen atoms in total. The van der Waals surface area contributed by atoms with Crippen molar-refractivity contribution < 1.29 is 4.79 Å². The largest absolute Gasteiger partial charge is 0.349 e. The first-order valence-corrected chi connectivity index (χ1v) is 10.9. The van der Waals surface area contributed by atoms with Gasteiger partial charge in [0.25, 0.3) is 5.56 Å². The maximum atomic E-state index is 12.6. The minimum Gasteiger partial charge on any atom is -0.325 e. The second kappa shape index (κ2) is 7.27. The Balaban J connectivity index is 1.57. The minimum absolute atomic E-state index is 0.0860. The molecule has 1 amide bonds. The van der Waals surface area contributed by atoms with Crippen molar-refractivity contribution in [2.24, 2.45) is 0 Å². The summed E-state index contributed by atoms with van der Waals surface area (Å²) in [4.78, 5) is 38.7. The summed E-state index contributed by atoms with van der Waals surface area (Å²) in [6.07, 6.45) is 3.50. The van der Waals surface area contributed by atoms with Gasteiger partial charge in [-0.1, -0.05) is 6.07 Å². The highest BCUT2D eigenvalue weighted by Gasteiger charge is 2.46. The van der Waals surface area contributed by atoms with Crippen LogP contribution in [0.4, 0.5) is 5.69 Å². The maximum Gasteiger partial charge on any atom is 0.349 e. The van der Waals surface area contributed by atoms with E-state index in [1.807, 2.05) is 39.0 Å². The lowest BCUT2D eigenvalue weighted by Gasteiger charge is -2.31. The van der Waals surface area contributed by atoms with Gasteiger partial charge in [0.05, 0.1) is 11.1 Å². The molecule has 0 bridgehead atoms. The van der Waals surface area contributed by atoms with E-state index in [9.17, 15) is 14.4 Å². The van der Waals surface area contributed by atoms with Crippen LogP contribution in [0.25, 0.3) is 5.69 Å². The molecule has 5 rings (SSSR count). The van der Waals surface area contributed by atoms with Crippen LogP contribution in [0.15, 0.2) is 33.9 Å². The summed E-state index contributed by atoms with van der Waals surface area (Å²) in [6, 6.07) is 9.50. The van der Waals surface area contributed by atoms with E-state index in [4.69, 9.17) is 5.26 Å². The van der Waals surface area contributed by atoms with Gasteiger partial charge in [-0.3, -0.25) is 14.6 Å². The van der Waals surface area contributed by atoms with Crippen LogP contribution in [-0.4, -0.2) is 20.7 Å². The Kier molecular flexibility index (Phi) is 4.60. The van der Waals surface area contributed by atoms with Crippen LogP contribution >= 0.6 is 0 Å². The lowest BCUT2D eigenvalue weighted by Crippen LogP contribution is -2.34. The zero-order chi connectivity index (χ0) is 23.5. The van der Waals surface area contributed by atoms with E-state index in [0.717, 1.165) is 51.9 Å². The fraction of sp³-hybridized carbons (Fsp3) is 0.320. The molecule has 1 aromatic heterocycles. The van der Waals surface area contributed by atoms with E-state index in [1.54, 1.807) is 6.07 Å². The summed E-state index contributed by atoms with van der Waals surface area (Å²) in [6.45, 7) is 5.99. The van der Waals surface area contributed by atoms with Gasteiger partial charge in [0, 0.05) is 5.69 Å². The summed E-state index contributed by atoms with van der Waals surface area (Å²) >= 11 is 0. The Labute approximate surface area is 189 Å². The highest BCUT2D eigenvalue weighted by Crippen LogP contribution is 2.48. The average Bonchev–Trinajstić information content (AvgIpc) is 3.03. The molecule has 33 heavy (non-hydrogen) atoms. The molecular formula is C25H23N5O3. The Morgan fingerprint density at radius 2 is 1.91 bits per heavy atom. The smallest absolute Gasteiger partial charge is 0.325 e. The molecule has 1 atom stereocenters. The van der Waals surface area contributed by atoms with Crippen LogP contribution in [-0.2, 0) is 23.1 Å². The molecule has 0 saturated carbocycles. The molecule has 2 heterocycles. The topological polar surface area (TPSA) is 121 Å². The SMILES string of the molecule is Cc1cc(-n2nc(C#N)c(=O)[nH]c2=O)cc(C)c1Cc1ccc2c3c1CCCC3(C)C(=O)N2. The number of aromatic amines is 1. The summed E-state index contributed by atoms with van der Waals surface area (Å²) in [5.41, 5.74) is 5.83. The van der Waals surface area contributed by atoms with Gasteiger partial charge in [-0.15, -0.1) is 5.10 Å². The number of amides is 1. The normalized spacial score (nSPS) is 18.5. The van der Waals surface area contributed by atoms with Crippen LogP contribution in [0.1, 0.15) is 58.8 Å². The van der Waals surface area contributed by atoms with E-state index in [-0.39, 0.29) is 11.6 Å². The molecule has 2 N–H and O–H groups in total. The molecule has 2 aromatic carbocycles. The number of benzene rings is 2. The molecule has 1 aliphatic carbocycles. The van der Waals surface area contributed by atoms with Gasteiger partial charge in [-0.2, -0.15) is 9.94 Å². The molecule has 1 unspecified atom stereocenters. The third kappa shape index (κ3) is 3.11. The summed E-state index contributed by atoms with van der Waals surface area (Å²) in [5, 5.41) is 16.1. The van der Waals surface area contributed by atoms with Crippen LogP contribution < -0.4 is 16.6 Å². The number of carbonyl (C=O) groups is 1. The number of aromatic nitrogens is 3.